The molecule has 1 saturated heterocycles. The van der Waals surface area contributed by atoms with Gasteiger partial charge < -0.3 is 15.3 Å². The molecule has 3 atom stereocenters. The largest absolute Gasteiger partial charge is 0.392 e. The van der Waals surface area contributed by atoms with Crippen molar-refractivity contribution >= 4 is 0 Å². The summed E-state index contributed by atoms with van der Waals surface area (Å²) in [5.41, 5.74) is 0.0677. The second kappa shape index (κ2) is 4.63. The highest BCUT2D eigenvalue weighted by molar-refractivity contribution is 5.02. The zero-order valence-corrected chi connectivity index (χ0v) is 10.9. The fourth-order valence-electron chi connectivity index (χ4n) is 2.88. The van der Waals surface area contributed by atoms with E-state index in [1.54, 1.807) is 0 Å². The number of nitrogens with one attached hydrogen (secondary N) is 1. The van der Waals surface area contributed by atoms with Crippen molar-refractivity contribution in [2.45, 2.75) is 57.7 Å². The maximum absolute atomic E-state index is 9.72. The van der Waals surface area contributed by atoms with Gasteiger partial charge in [0, 0.05) is 17.5 Å². The van der Waals surface area contributed by atoms with E-state index in [0.717, 1.165) is 6.42 Å². The molecule has 3 nitrogen and oxygen atoms in total. The third-order valence-electron chi connectivity index (χ3n) is 4.60. The normalized spacial score (nSPS) is 40.1. The molecule has 2 rings (SSSR count). The lowest BCUT2D eigenvalue weighted by molar-refractivity contribution is -0.0762. The van der Waals surface area contributed by atoms with E-state index in [-0.39, 0.29) is 11.5 Å². The van der Waals surface area contributed by atoms with Gasteiger partial charge in [0.15, 0.2) is 0 Å². The van der Waals surface area contributed by atoms with Crippen LogP contribution in [-0.4, -0.2) is 48.3 Å². The van der Waals surface area contributed by atoms with Gasteiger partial charge in [-0.1, -0.05) is 13.8 Å². The maximum Gasteiger partial charge on any atom is 0.0621 e. The Morgan fingerprint density at radius 1 is 1.25 bits per heavy atom. The third-order valence-corrected chi connectivity index (χ3v) is 4.60. The standard InChI is InChI=1S/C13H26N2O/c1-13(2)11(9-12(13)16)14-10-5-4-7-15(3)8-6-10/h10-12,14,16H,4-9H2,1-3H3. The third kappa shape index (κ3) is 2.41. The molecular formula is C13H26N2O. The van der Waals surface area contributed by atoms with E-state index in [1.165, 1.54) is 32.4 Å². The van der Waals surface area contributed by atoms with Crippen LogP contribution in [-0.2, 0) is 0 Å². The van der Waals surface area contributed by atoms with E-state index in [1.807, 2.05) is 0 Å². The number of aliphatic hydroxyl groups excluding tert-OH is 1. The predicted molar refractivity (Wildman–Crippen MR) is 66.5 cm³/mol. The summed E-state index contributed by atoms with van der Waals surface area (Å²) < 4.78 is 0. The summed E-state index contributed by atoms with van der Waals surface area (Å²) in [5.74, 6) is 0. The number of nitrogens with zero attached hydrogens (tertiary/aromatic N) is 1. The summed E-state index contributed by atoms with van der Waals surface area (Å²) in [6.07, 6.45) is 4.65. The van der Waals surface area contributed by atoms with Gasteiger partial charge in [-0.05, 0) is 45.8 Å². The van der Waals surface area contributed by atoms with Crippen LogP contribution >= 0.6 is 0 Å². The Morgan fingerprint density at radius 2 is 2.00 bits per heavy atom. The minimum Gasteiger partial charge on any atom is -0.392 e. The van der Waals surface area contributed by atoms with Crippen LogP contribution in [0.4, 0.5) is 0 Å². The van der Waals surface area contributed by atoms with Crippen LogP contribution in [0.1, 0.15) is 39.5 Å². The Kier molecular flexibility index (Phi) is 3.57. The van der Waals surface area contributed by atoms with E-state index in [9.17, 15) is 5.11 Å². The molecule has 0 spiro atoms. The summed E-state index contributed by atoms with van der Waals surface area (Å²) in [7, 11) is 2.21. The average molecular weight is 226 g/mol. The minimum absolute atomic E-state index is 0.0677. The van der Waals surface area contributed by atoms with Gasteiger partial charge in [0.1, 0.15) is 0 Å². The van der Waals surface area contributed by atoms with Gasteiger partial charge in [0.2, 0.25) is 0 Å². The minimum atomic E-state index is -0.113. The Labute approximate surface area is 99.2 Å². The van der Waals surface area contributed by atoms with Gasteiger partial charge in [-0.15, -0.1) is 0 Å². The van der Waals surface area contributed by atoms with Gasteiger partial charge in [0.05, 0.1) is 6.10 Å². The molecule has 0 aromatic carbocycles. The van der Waals surface area contributed by atoms with Crippen LogP contribution in [0.15, 0.2) is 0 Å². The fourth-order valence-corrected chi connectivity index (χ4v) is 2.88. The van der Waals surface area contributed by atoms with E-state index in [0.29, 0.717) is 12.1 Å². The first-order valence-electron chi connectivity index (χ1n) is 6.63. The van der Waals surface area contributed by atoms with E-state index >= 15 is 0 Å². The van der Waals surface area contributed by atoms with Crippen LogP contribution in [0.25, 0.3) is 0 Å². The molecule has 0 bridgehead atoms. The van der Waals surface area contributed by atoms with Crippen LogP contribution in [0.5, 0.6) is 0 Å². The summed E-state index contributed by atoms with van der Waals surface area (Å²) in [6, 6.07) is 1.16. The van der Waals surface area contributed by atoms with Crippen LogP contribution in [0.2, 0.25) is 0 Å². The van der Waals surface area contributed by atoms with E-state index < -0.39 is 0 Å². The number of hydrogen-bond donors (Lipinski definition) is 2. The van der Waals surface area contributed by atoms with Crippen molar-refractivity contribution in [1.82, 2.24) is 10.2 Å². The molecule has 0 amide bonds. The monoisotopic (exact) mass is 226 g/mol. The molecule has 1 saturated carbocycles. The Morgan fingerprint density at radius 3 is 2.62 bits per heavy atom. The zero-order chi connectivity index (χ0) is 11.8. The topological polar surface area (TPSA) is 35.5 Å². The SMILES string of the molecule is CN1CCCC(NC2CC(O)C2(C)C)CC1. The highest BCUT2D eigenvalue weighted by atomic mass is 16.3. The van der Waals surface area contributed by atoms with Crippen molar-refractivity contribution in [1.29, 1.82) is 0 Å². The quantitative estimate of drug-likeness (QED) is 0.743. The summed E-state index contributed by atoms with van der Waals surface area (Å²) in [4.78, 5) is 2.42. The summed E-state index contributed by atoms with van der Waals surface area (Å²) in [5, 5.41) is 13.5. The lowest BCUT2D eigenvalue weighted by Gasteiger charge is -2.51. The fraction of sp³-hybridized carbons (Fsp3) is 1.00. The molecule has 2 aliphatic rings. The Bertz CT molecular complexity index is 242. The van der Waals surface area contributed by atoms with Gasteiger partial charge in [-0.25, -0.2) is 0 Å². The van der Waals surface area contributed by atoms with Crippen molar-refractivity contribution in [3.63, 3.8) is 0 Å². The maximum atomic E-state index is 9.72. The highest BCUT2D eigenvalue weighted by Gasteiger charge is 2.47. The Hall–Kier alpha value is -0.120. The van der Waals surface area contributed by atoms with Crippen LogP contribution in [0, 0.1) is 5.41 Å². The first kappa shape index (κ1) is 12.3. The molecule has 0 aromatic rings. The first-order valence-corrected chi connectivity index (χ1v) is 6.63. The second-order valence-corrected chi connectivity index (χ2v) is 6.22. The van der Waals surface area contributed by atoms with Gasteiger partial charge in [0.25, 0.3) is 0 Å². The first-order chi connectivity index (χ1) is 7.50. The lowest BCUT2D eigenvalue weighted by atomic mass is 9.64. The van der Waals surface area contributed by atoms with Gasteiger partial charge in [-0.2, -0.15) is 0 Å². The number of rotatable bonds is 2. The van der Waals surface area contributed by atoms with E-state index in [2.05, 4.69) is 31.1 Å². The Balaban J connectivity index is 1.81. The molecule has 1 heterocycles. The molecule has 0 aromatic heterocycles. The number of hydrogen-bond acceptors (Lipinski definition) is 3. The van der Waals surface area contributed by atoms with Crippen LogP contribution in [0.3, 0.4) is 0 Å². The van der Waals surface area contributed by atoms with Crippen molar-refractivity contribution in [3.8, 4) is 0 Å². The molecule has 1 aliphatic heterocycles. The smallest absolute Gasteiger partial charge is 0.0621 e. The van der Waals surface area contributed by atoms with Gasteiger partial charge in [-0.3, -0.25) is 0 Å². The molecular weight excluding hydrogens is 200 g/mol. The van der Waals surface area contributed by atoms with Crippen molar-refractivity contribution in [3.05, 3.63) is 0 Å². The van der Waals surface area contributed by atoms with Crippen molar-refractivity contribution in [2.75, 3.05) is 20.1 Å². The van der Waals surface area contributed by atoms with Crippen molar-refractivity contribution < 1.29 is 5.11 Å². The van der Waals surface area contributed by atoms with Crippen LogP contribution < -0.4 is 5.32 Å². The molecule has 2 fully saturated rings. The number of likely N-dealkylation sites (tertiary alicyclic amines) is 1. The summed E-state index contributed by atoms with van der Waals surface area (Å²) in [6.45, 7) is 6.77. The summed E-state index contributed by atoms with van der Waals surface area (Å²) >= 11 is 0. The average Bonchev–Trinajstić information content (AvgIpc) is 2.43. The van der Waals surface area contributed by atoms with Crippen molar-refractivity contribution in [2.24, 2.45) is 5.41 Å². The molecule has 2 N–H and O–H groups in total. The molecule has 0 radical (unpaired) electrons. The second-order valence-electron chi connectivity index (χ2n) is 6.22. The zero-order valence-electron chi connectivity index (χ0n) is 10.9. The lowest BCUT2D eigenvalue weighted by Crippen LogP contribution is -2.62. The van der Waals surface area contributed by atoms with Gasteiger partial charge >= 0.3 is 0 Å². The molecule has 1 aliphatic carbocycles. The highest BCUT2D eigenvalue weighted by Crippen LogP contribution is 2.40. The molecule has 94 valence electrons. The molecule has 3 heteroatoms. The predicted octanol–water partition coefficient (Wildman–Crippen LogP) is 1.22. The molecule has 3 unspecified atom stereocenters. The number of aliphatic hydroxyl groups is 1. The van der Waals surface area contributed by atoms with E-state index in [4.69, 9.17) is 0 Å². The molecule has 16 heavy (non-hydrogen) atoms.